The Labute approximate surface area is 82.6 Å². The standard InChI is InChI=1S/C11H12O3/c1-2-9(12)6-8-4-3-5-10-11(8)14-7-13-10/h3-5H,2,6-7H2,1H3. The molecule has 0 amide bonds. The number of fused-ring (bicyclic) bond motifs is 1. The fourth-order valence-corrected chi connectivity index (χ4v) is 1.47. The molecule has 0 radical (unpaired) electrons. The van der Waals surface area contributed by atoms with Crippen LogP contribution in [-0.4, -0.2) is 12.6 Å². The Morgan fingerprint density at radius 1 is 1.43 bits per heavy atom. The zero-order chi connectivity index (χ0) is 9.97. The molecular formula is C11H12O3. The summed E-state index contributed by atoms with van der Waals surface area (Å²) >= 11 is 0. The Morgan fingerprint density at radius 2 is 2.29 bits per heavy atom. The molecule has 1 heterocycles. The number of carbonyl (C=O) groups excluding carboxylic acids is 1. The maximum atomic E-state index is 11.3. The lowest BCUT2D eigenvalue weighted by molar-refractivity contribution is -0.118. The number of hydrogen-bond acceptors (Lipinski definition) is 3. The number of para-hydroxylation sites is 1. The Kier molecular flexibility index (Phi) is 2.39. The van der Waals surface area contributed by atoms with E-state index in [1.807, 2.05) is 25.1 Å². The summed E-state index contributed by atoms with van der Waals surface area (Å²) in [7, 11) is 0. The molecule has 14 heavy (non-hydrogen) atoms. The molecule has 1 aliphatic heterocycles. The van der Waals surface area contributed by atoms with Crippen molar-refractivity contribution in [3.8, 4) is 11.5 Å². The molecule has 1 aromatic carbocycles. The summed E-state index contributed by atoms with van der Waals surface area (Å²) in [5, 5.41) is 0. The van der Waals surface area contributed by atoms with Gasteiger partial charge in [-0.3, -0.25) is 4.79 Å². The van der Waals surface area contributed by atoms with Crippen LogP contribution in [0.4, 0.5) is 0 Å². The van der Waals surface area contributed by atoms with E-state index in [0.717, 1.165) is 17.1 Å². The minimum absolute atomic E-state index is 0.217. The van der Waals surface area contributed by atoms with Crippen LogP contribution in [0, 0.1) is 0 Å². The van der Waals surface area contributed by atoms with Gasteiger partial charge >= 0.3 is 0 Å². The Morgan fingerprint density at radius 3 is 3.07 bits per heavy atom. The van der Waals surface area contributed by atoms with Gasteiger partial charge in [-0.25, -0.2) is 0 Å². The van der Waals surface area contributed by atoms with Crippen LogP contribution in [-0.2, 0) is 11.2 Å². The number of carbonyl (C=O) groups is 1. The summed E-state index contributed by atoms with van der Waals surface area (Å²) in [4.78, 5) is 11.3. The van der Waals surface area contributed by atoms with Crippen LogP contribution in [0.1, 0.15) is 18.9 Å². The smallest absolute Gasteiger partial charge is 0.231 e. The molecule has 3 nitrogen and oxygen atoms in total. The van der Waals surface area contributed by atoms with E-state index in [9.17, 15) is 4.79 Å². The molecule has 1 aliphatic rings. The Balaban J connectivity index is 2.26. The van der Waals surface area contributed by atoms with E-state index in [1.165, 1.54) is 0 Å². The average Bonchev–Trinajstić information content (AvgIpc) is 2.66. The lowest BCUT2D eigenvalue weighted by Gasteiger charge is -2.03. The molecule has 2 rings (SSSR count). The van der Waals surface area contributed by atoms with E-state index in [-0.39, 0.29) is 12.6 Å². The topological polar surface area (TPSA) is 35.5 Å². The fraction of sp³-hybridized carbons (Fsp3) is 0.364. The van der Waals surface area contributed by atoms with E-state index in [2.05, 4.69) is 0 Å². The van der Waals surface area contributed by atoms with Gasteiger partial charge in [0.1, 0.15) is 5.78 Å². The van der Waals surface area contributed by atoms with E-state index < -0.39 is 0 Å². The van der Waals surface area contributed by atoms with Crippen molar-refractivity contribution in [2.24, 2.45) is 0 Å². The SMILES string of the molecule is CCC(=O)Cc1cccc2c1OCO2. The highest BCUT2D eigenvalue weighted by Crippen LogP contribution is 2.35. The second-order valence-electron chi connectivity index (χ2n) is 3.22. The molecule has 0 fully saturated rings. The number of ether oxygens (including phenoxy) is 2. The largest absolute Gasteiger partial charge is 0.454 e. The maximum absolute atomic E-state index is 11.3. The Bertz CT molecular complexity index is 358. The van der Waals surface area contributed by atoms with Gasteiger partial charge in [-0.15, -0.1) is 0 Å². The summed E-state index contributed by atoms with van der Waals surface area (Å²) in [6, 6.07) is 5.63. The van der Waals surface area contributed by atoms with Crippen LogP contribution >= 0.6 is 0 Å². The van der Waals surface area contributed by atoms with Crippen molar-refractivity contribution < 1.29 is 14.3 Å². The van der Waals surface area contributed by atoms with Gasteiger partial charge in [0.25, 0.3) is 0 Å². The number of benzene rings is 1. The molecule has 0 bridgehead atoms. The molecule has 0 unspecified atom stereocenters. The molecule has 0 saturated heterocycles. The van der Waals surface area contributed by atoms with Gasteiger partial charge in [0.05, 0.1) is 0 Å². The first kappa shape index (κ1) is 9.06. The van der Waals surface area contributed by atoms with Crippen molar-refractivity contribution in [1.82, 2.24) is 0 Å². The van der Waals surface area contributed by atoms with Gasteiger partial charge in [-0.05, 0) is 6.07 Å². The van der Waals surface area contributed by atoms with Crippen molar-refractivity contribution in [3.63, 3.8) is 0 Å². The summed E-state index contributed by atoms with van der Waals surface area (Å²) in [6.45, 7) is 2.12. The zero-order valence-corrected chi connectivity index (χ0v) is 8.08. The molecule has 0 aromatic heterocycles. The van der Waals surface area contributed by atoms with Crippen LogP contribution in [0.2, 0.25) is 0 Å². The summed E-state index contributed by atoms with van der Waals surface area (Å²) in [5.41, 5.74) is 0.923. The van der Waals surface area contributed by atoms with Crippen LogP contribution < -0.4 is 9.47 Å². The molecule has 3 heteroatoms. The highest BCUT2D eigenvalue weighted by atomic mass is 16.7. The number of rotatable bonds is 3. The Hall–Kier alpha value is -1.51. The van der Waals surface area contributed by atoms with Crippen molar-refractivity contribution in [3.05, 3.63) is 23.8 Å². The fourth-order valence-electron chi connectivity index (χ4n) is 1.47. The summed E-state index contributed by atoms with van der Waals surface area (Å²) in [6.07, 6.45) is 0.994. The molecule has 0 atom stereocenters. The van der Waals surface area contributed by atoms with E-state index >= 15 is 0 Å². The molecule has 0 N–H and O–H groups in total. The van der Waals surface area contributed by atoms with E-state index in [0.29, 0.717) is 12.8 Å². The third-order valence-corrected chi connectivity index (χ3v) is 2.26. The van der Waals surface area contributed by atoms with Gasteiger partial charge in [0, 0.05) is 18.4 Å². The summed E-state index contributed by atoms with van der Waals surface area (Å²) < 4.78 is 10.5. The lowest BCUT2D eigenvalue weighted by atomic mass is 10.1. The predicted molar refractivity (Wildman–Crippen MR) is 51.6 cm³/mol. The predicted octanol–water partition coefficient (Wildman–Crippen LogP) is 1.94. The highest BCUT2D eigenvalue weighted by molar-refractivity contribution is 5.81. The molecule has 0 spiro atoms. The first-order valence-corrected chi connectivity index (χ1v) is 4.70. The summed E-state index contributed by atoms with van der Waals surface area (Å²) in [5.74, 6) is 1.69. The third-order valence-electron chi connectivity index (χ3n) is 2.26. The zero-order valence-electron chi connectivity index (χ0n) is 8.08. The van der Waals surface area contributed by atoms with Crippen molar-refractivity contribution in [1.29, 1.82) is 0 Å². The van der Waals surface area contributed by atoms with E-state index in [1.54, 1.807) is 0 Å². The monoisotopic (exact) mass is 192 g/mol. The highest BCUT2D eigenvalue weighted by Gasteiger charge is 2.17. The van der Waals surface area contributed by atoms with Gasteiger partial charge in [0.2, 0.25) is 6.79 Å². The molecular weight excluding hydrogens is 180 g/mol. The maximum Gasteiger partial charge on any atom is 0.231 e. The first-order valence-electron chi connectivity index (χ1n) is 4.70. The average molecular weight is 192 g/mol. The minimum atomic E-state index is 0.217. The third kappa shape index (κ3) is 1.58. The van der Waals surface area contributed by atoms with Crippen LogP contribution in [0.3, 0.4) is 0 Å². The normalized spacial score (nSPS) is 12.9. The van der Waals surface area contributed by atoms with Gasteiger partial charge in [-0.2, -0.15) is 0 Å². The molecule has 0 aliphatic carbocycles. The van der Waals surface area contributed by atoms with Gasteiger partial charge < -0.3 is 9.47 Å². The second-order valence-corrected chi connectivity index (χ2v) is 3.22. The van der Waals surface area contributed by atoms with Crippen molar-refractivity contribution >= 4 is 5.78 Å². The first-order chi connectivity index (χ1) is 6.81. The number of Topliss-reactive ketones (excluding diaryl/α,β-unsaturated/α-hetero) is 1. The molecule has 0 saturated carbocycles. The van der Waals surface area contributed by atoms with Gasteiger partial charge in [0.15, 0.2) is 11.5 Å². The number of ketones is 1. The van der Waals surface area contributed by atoms with Crippen molar-refractivity contribution in [2.75, 3.05) is 6.79 Å². The molecule has 74 valence electrons. The minimum Gasteiger partial charge on any atom is -0.454 e. The molecule has 1 aromatic rings. The van der Waals surface area contributed by atoms with Crippen LogP contribution in [0.5, 0.6) is 11.5 Å². The quantitative estimate of drug-likeness (QED) is 0.734. The van der Waals surface area contributed by atoms with Crippen LogP contribution in [0.15, 0.2) is 18.2 Å². The van der Waals surface area contributed by atoms with Gasteiger partial charge in [-0.1, -0.05) is 19.1 Å². The van der Waals surface area contributed by atoms with Crippen LogP contribution in [0.25, 0.3) is 0 Å². The van der Waals surface area contributed by atoms with E-state index in [4.69, 9.17) is 9.47 Å². The lowest BCUT2D eigenvalue weighted by Crippen LogP contribution is -2.01. The van der Waals surface area contributed by atoms with Crippen molar-refractivity contribution in [2.45, 2.75) is 19.8 Å². The number of hydrogen-bond donors (Lipinski definition) is 0. The second kappa shape index (κ2) is 3.70.